The van der Waals surface area contributed by atoms with Gasteiger partial charge in [0.15, 0.2) is 10.8 Å². The molecule has 0 saturated heterocycles. The molecule has 3 aromatic heterocycles. The van der Waals surface area contributed by atoms with Crippen LogP contribution in [-0.2, 0) is 11.3 Å². The van der Waals surface area contributed by atoms with E-state index < -0.39 is 0 Å². The molecule has 8 nitrogen and oxygen atoms in total. The van der Waals surface area contributed by atoms with Crippen molar-refractivity contribution in [1.82, 2.24) is 29.6 Å². The van der Waals surface area contributed by atoms with E-state index in [9.17, 15) is 9.59 Å². The molecule has 0 fully saturated rings. The Bertz CT molecular complexity index is 1330. The maximum Gasteiger partial charge on any atom is 0.265 e. The molecule has 1 aliphatic rings. The van der Waals surface area contributed by atoms with Crippen LogP contribution in [0.3, 0.4) is 0 Å². The molecule has 5 rings (SSSR count). The standard InChI is InChI=1S/C22H20N6O2S/c1-14-4-2-6-16(8-14)28-20-18(12-25-28)21(30)27-17(13-31-22(27)26-20)9-19(29)24-11-15-5-3-7-23-10-15/h2-8,10,12,17H,9,11,13H2,1H3,(H,24,29)/t17-/m0/s1. The van der Waals surface area contributed by atoms with Crippen molar-refractivity contribution in [3.63, 3.8) is 0 Å². The molecule has 1 atom stereocenters. The predicted molar refractivity (Wildman–Crippen MR) is 118 cm³/mol. The molecule has 0 saturated carbocycles. The van der Waals surface area contributed by atoms with E-state index in [1.807, 2.05) is 43.3 Å². The van der Waals surface area contributed by atoms with Gasteiger partial charge >= 0.3 is 0 Å². The molecule has 9 heteroatoms. The van der Waals surface area contributed by atoms with Crippen molar-refractivity contribution in [3.8, 4) is 5.69 Å². The van der Waals surface area contributed by atoms with E-state index in [1.54, 1.807) is 27.8 Å². The molecule has 0 unspecified atom stereocenters. The van der Waals surface area contributed by atoms with Gasteiger partial charge in [-0.1, -0.05) is 30.0 Å². The van der Waals surface area contributed by atoms with Crippen LogP contribution in [0.1, 0.15) is 23.6 Å². The molecular formula is C22H20N6O2S. The summed E-state index contributed by atoms with van der Waals surface area (Å²) >= 11 is 1.49. The van der Waals surface area contributed by atoms with Crippen LogP contribution in [-0.4, -0.2) is 36.0 Å². The number of aromatic nitrogens is 5. The molecule has 0 spiro atoms. The normalized spacial score (nSPS) is 15.2. The molecule has 4 heterocycles. The third kappa shape index (κ3) is 3.72. The second kappa shape index (κ2) is 7.99. The monoisotopic (exact) mass is 432 g/mol. The summed E-state index contributed by atoms with van der Waals surface area (Å²) in [5, 5.41) is 8.38. The molecule has 31 heavy (non-hydrogen) atoms. The fourth-order valence-corrected chi connectivity index (χ4v) is 4.85. The van der Waals surface area contributed by atoms with Gasteiger partial charge in [0.05, 0.1) is 17.9 Å². The number of fused-ring (bicyclic) bond motifs is 2. The van der Waals surface area contributed by atoms with Crippen LogP contribution in [0.25, 0.3) is 16.7 Å². The van der Waals surface area contributed by atoms with Gasteiger partial charge in [0, 0.05) is 31.1 Å². The Morgan fingerprint density at radius 3 is 2.97 bits per heavy atom. The number of amides is 1. The number of thioether (sulfide) groups is 1. The fraction of sp³-hybridized carbons (Fsp3) is 0.227. The van der Waals surface area contributed by atoms with E-state index >= 15 is 0 Å². The minimum Gasteiger partial charge on any atom is -0.352 e. The number of rotatable bonds is 5. The SMILES string of the molecule is Cc1cccc(-n2ncc3c(=O)n4c(nc32)SC[C@@H]4CC(=O)NCc2cccnc2)c1. The second-order valence-corrected chi connectivity index (χ2v) is 8.50. The lowest BCUT2D eigenvalue weighted by Gasteiger charge is -2.13. The van der Waals surface area contributed by atoms with Crippen LogP contribution in [0.15, 0.2) is 64.9 Å². The van der Waals surface area contributed by atoms with Gasteiger partial charge in [-0.15, -0.1) is 0 Å². The first-order chi connectivity index (χ1) is 15.1. The smallest absolute Gasteiger partial charge is 0.265 e. The highest BCUT2D eigenvalue weighted by atomic mass is 32.2. The average molecular weight is 433 g/mol. The van der Waals surface area contributed by atoms with Crippen molar-refractivity contribution in [2.24, 2.45) is 0 Å². The summed E-state index contributed by atoms with van der Waals surface area (Å²) in [5.41, 5.74) is 3.28. The van der Waals surface area contributed by atoms with Crippen molar-refractivity contribution in [3.05, 3.63) is 76.5 Å². The van der Waals surface area contributed by atoms with Gasteiger partial charge in [-0.05, 0) is 36.2 Å². The molecule has 0 bridgehead atoms. The Hall–Kier alpha value is -3.46. The van der Waals surface area contributed by atoms with E-state index in [0.717, 1.165) is 16.8 Å². The number of carbonyl (C=O) groups excluding carboxylic acids is 1. The molecule has 1 aromatic carbocycles. The van der Waals surface area contributed by atoms with Crippen LogP contribution >= 0.6 is 11.8 Å². The molecule has 1 amide bonds. The minimum absolute atomic E-state index is 0.107. The van der Waals surface area contributed by atoms with Crippen LogP contribution in [0.4, 0.5) is 0 Å². The van der Waals surface area contributed by atoms with Crippen molar-refractivity contribution in [2.75, 3.05) is 5.75 Å². The predicted octanol–water partition coefficient (Wildman–Crippen LogP) is 2.64. The van der Waals surface area contributed by atoms with Crippen molar-refractivity contribution >= 4 is 28.7 Å². The number of nitrogens with zero attached hydrogens (tertiary/aromatic N) is 5. The van der Waals surface area contributed by atoms with Crippen molar-refractivity contribution in [1.29, 1.82) is 0 Å². The highest BCUT2D eigenvalue weighted by Crippen LogP contribution is 2.33. The van der Waals surface area contributed by atoms with Crippen LogP contribution < -0.4 is 10.9 Å². The Balaban J connectivity index is 1.40. The largest absolute Gasteiger partial charge is 0.352 e. The second-order valence-electron chi connectivity index (χ2n) is 7.51. The first kappa shape index (κ1) is 19.5. The van der Waals surface area contributed by atoms with Crippen molar-refractivity contribution in [2.45, 2.75) is 31.1 Å². The quantitative estimate of drug-likeness (QED) is 0.487. The van der Waals surface area contributed by atoms with Gasteiger partial charge in [0.2, 0.25) is 5.91 Å². The van der Waals surface area contributed by atoms with E-state index in [2.05, 4.69) is 15.4 Å². The number of benzene rings is 1. The highest BCUT2D eigenvalue weighted by Gasteiger charge is 2.29. The van der Waals surface area contributed by atoms with Gasteiger partial charge in [-0.2, -0.15) is 5.10 Å². The van der Waals surface area contributed by atoms with E-state index in [-0.39, 0.29) is 23.9 Å². The van der Waals surface area contributed by atoms with Gasteiger partial charge in [-0.3, -0.25) is 19.1 Å². The zero-order valence-corrected chi connectivity index (χ0v) is 17.7. The van der Waals surface area contributed by atoms with Crippen molar-refractivity contribution < 1.29 is 4.79 Å². The zero-order chi connectivity index (χ0) is 21.4. The summed E-state index contributed by atoms with van der Waals surface area (Å²) in [4.78, 5) is 34.5. The Morgan fingerprint density at radius 1 is 1.26 bits per heavy atom. The summed E-state index contributed by atoms with van der Waals surface area (Å²) < 4.78 is 3.33. The summed E-state index contributed by atoms with van der Waals surface area (Å²) in [5.74, 6) is 0.525. The fourth-order valence-electron chi connectivity index (χ4n) is 3.72. The Morgan fingerprint density at radius 2 is 2.16 bits per heavy atom. The third-order valence-electron chi connectivity index (χ3n) is 5.25. The average Bonchev–Trinajstić information content (AvgIpc) is 3.38. The number of carbonyl (C=O) groups is 1. The number of pyridine rings is 1. The Kier molecular flexibility index (Phi) is 5.03. The lowest BCUT2D eigenvalue weighted by Crippen LogP contribution is -2.30. The molecule has 1 N–H and O–H groups in total. The minimum atomic E-state index is -0.236. The number of hydrogen-bond acceptors (Lipinski definition) is 6. The Labute approximate surface area is 182 Å². The zero-order valence-electron chi connectivity index (χ0n) is 16.9. The van der Waals surface area contributed by atoms with Gasteiger partial charge in [0.25, 0.3) is 5.56 Å². The van der Waals surface area contributed by atoms with Gasteiger partial charge < -0.3 is 5.32 Å². The molecule has 156 valence electrons. The molecular weight excluding hydrogens is 412 g/mol. The topological polar surface area (TPSA) is 94.7 Å². The lowest BCUT2D eigenvalue weighted by atomic mass is 10.2. The molecule has 1 aliphatic heterocycles. The number of nitrogens with one attached hydrogen (secondary N) is 1. The summed E-state index contributed by atoms with van der Waals surface area (Å²) in [7, 11) is 0. The summed E-state index contributed by atoms with van der Waals surface area (Å²) in [6.45, 7) is 2.42. The highest BCUT2D eigenvalue weighted by molar-refractivity contribution is 7.99. The van der Waals surface area contributed by atoms with E-state index in [1.165, 1.54) is 11.8 Å². The lowest BCUT2D eigenvalue weighted by molar-refractivity contribution is -0.121. The number of hydrogen-bond donors (Lipinski definition) is 1. The first-order valence-electron chi connectivity index (χ1n) is 9.96. The van der Waals surface area contributed by atoms with Gasteiger partial charge in [0.1, 0.15) is 5.39 Å². The maximum atomic E-state index is 13.2. The first-order valence-corrected chi connectivity index (χ1v) is 10.9. The van der Waals surface area contributed by atoms with Crippen LogP contribution in [0.5, 0.6) is 0 Å². The van der Waals surface area contributed by atoms with Gasteiger partial charge in [-0.25, -0.2) is 9.67 Å². The molecule has 4 aromatic rings. The van der Waals surface area contributed by atoms with E-state index in [4.69, 9.17) is 4.98 Å². The van der Waals surface area contributed by atoms with Crippen LogP contribution in [0, 0.1) is 6.92 Å². The number of aryl methyl sites for hydroxylation is 1. The van der Waals surface area contributed by atoms with E-state index in [0.29, 0.717) is 28.5 Å². The maximum absolute atomic E-state index is 13.2. The molecule has 0 radical (unpaired) electrons. The summed E-state index contributed by atoms with van der Waals surface area (Å²) in [6, 6.07) is 11.4. The molecule has 0 aliphatic carbocycles. The third-order valence-corrected chi connectivity index (χ3v) is 6.35. The summed E-state index contributed by atoms with van der Waals surface area (Å²) in [6.07, 6.45) is 5.19. The van der Waals surface area contributed by atoms with Crippen LogP contribution in [0.2, 0.25) is 0 Å².